The Morgan fingerprint density at radius 1 is 1.17 bits per heavy atom. The summed E-state index contributed by atoms with van der Waals surface area (Å²) in [6.07, 6.45) is 0. The van der Waals surface area contributed by atoms with Crippen molar-refractivity contribution in [3.8, 4) is 11.5 Å². The molecule has 2 rings (SSSR count). The number of anilines is 1. The molecule has 1 aromatic heterocycles. The van der Waals surface area contributed by atoms with E-state index in [9.17, 15) is 0 Å². The van der Waals surface area contributed by atoms with Gasteiger partial charge < -0.3 is 14.8 Å². The first-order chi connectivity index (χ1) is 8.72. The summed E-state index contributed by atoms with van der Waals surface area (Å²) in [6, 6.07) is 9.59. The van der Waals surface area contributed by atoms with E-state index in [1.54, 1.807) is 25.6 Å². The number of hydrogen-bond acceptors (Lipinski definition) is 4. The zero-order valence-electron chi connectivity index (χ0n) is 10.2. The summed E-state index contributed by atoms with van der Waals surface area (Å²) in [5.74, 6) is 1.54. The van der Waals surface area contributed by atoms with Crippen LogP contribution < -0.4 is 14.8 Å². The second kappa shape index (κ2) is 5.98. The van der Waals surface area contributed by atoms with Crippen molar-refractivity contribution in [2.75, 3.05) is 19.5 Å². The van der Waals surface area contributed by atoms with Crippen molar-refractivity contribution in [1.82, 2.24) is 0 Å². The largest absolute Gasteiger partial charge is 0.497 e. The van der Waals surface area contributed by atoms with Gasteiger partial charge in [-0.25, -0.2) is 0 Å². The minimum Gasteiger partial charge on any atom is -0.497 e. The van der Waals surface area contributed by atoms with Gasteiger partial charge in [0.15, 0.2) is 0 Å². The number of methoxy groups -OCH3 is 2. The van der Waals surface area contributed by atoms with Crippen molar-refractivity contribution < 1.29 is 9.47 Å². The highest BCUT2D eigenvalue weighted by Crippen LogP contribution is 2.30. The van der Waals surface area contributed by atoms with Crippen molar-refractivity contribution in [3.05, 3.63) is 39.5 Å². The number of halogens is 1. The maximum absolute atomic E-state index is 5.89. The molecule has 3 nitrogen and oxygen atoms in total. The molecule has 1 N–H and O–H groups in total. The van der Waals surface area contributed by atoms with Crippen LogP contribution in [-0.2, 0) is 6.54 Å². The molecule has 0 unspecified atom stereocenters. The Labute approximate surface area is 115 Å². The summed E-state index contributed by atoms with van der Waals surface area (Å²) in [5, 5.41) is 3.32. The van der Waals surface area contributed by atoms with Crippen LogP contribution in [0, 0.1) is 0 Å². The zero-order chi connectivity index (χ0) is 13.0. The second-order valence-corrected chi connectivity index (χ2v) is 5.43. The van der Waals surface area contributed by atoms with Gasteiger partial charge in [-0.05, 0) is 24.3 Å². The average molecular weight is 284 g/mol. The lowest BCUT2D eigenvalue weighted by atomic mass is 10.2. The van der Waals surface area contributed by atoms with Crippen LogP contribution >= 0.6 is 22.9 Å². The quantitative estimate of drug-likeness (QED) is 0.899. The van der Waals surface area contributed by atoms with E-state index >= 15 is 0 Å². The smallest absolute Gasteiger partial charge is 0.145 e. The minimum atomic E-state index is 0.722. The third kappa shape index (κ3) is 3.09. The fourth-order valence-electron chi connectivity index (χ4n) is 1.57. The molecule has 0 spiro atoms. The summed E-state index contributed by atoms with van der Waals surface area (Å²) in [7, 11) is 3.28. The molecule has 1 heterocycles. The second-order valence-electron chi connectivity index (χ2n) is 3.63. The molecule has 1 aromatic carbocycles. The Morgan fingerprint density at radius 3 is 2.61 bits per heavy atom. The molecule has 0 radical (unpaired) electrons. The van der Waals surface area contributed by atoms with Crippen LogP contribution in [0.2, 0.25) is 4.34 Å². The lowest BCUT2D eigenvalue weighted by molar-refractivity contribution is 0.395. The topological polar surface area (TPSA) is 30.5 Å². The highest BCUT2D eigenvalue weighted by Gasteiger charge is 2.05. The standard InChI is InChI=1S/C13H14ClNO2S/c1-16-9-3-5-11(12(7-9)17-2)15-8-10-4-6-13(14)18-10/h3-7,15H,8H2,1-2H3. The first kappa shape index (κ1) is 13.1. The van der Waals surface area contributed by atoms with Crippen LogP contribution in [0.4, 0.5) is 5.69 Å². The van der Waals surface area contributed by atoms with Crippen LogP contribution in [-0.4, -0.2) is 14.2 Å². The molecule has 5 heteroatoms. The van der Waals surface area contributed by atoms with E-state index < -0.39 is 0 Å². The predicted molar refractivity (Wildman–Crippen MR) is 76.2 cm³/mol. The normalized spacial score (nSPS) is 10.2. The Morgan fingerprint density at radius 2 is 2.00 bits per heavy atom. The number of benzene rings is 1. The minimum absolute atomic E-state index is 0.722. The summed E-state index contributed by atoms with van der Waals surface area (Å²) >= 11 is 7.46. The van der Waals surface area contributed by atoms with Gasteiger partial charge in [-0.3, -0.25) is 0 Å². The van der Waals surface area contributed by atoms with Gasteiger partial charge in [-0.15, -0.1) is 11.3 Å². The molecule has 0 aliphatic carbocycles. The predicted octanol–water partition coefficient (Wildman–Crippen LogP) is 4.03. The first-order valence-electron chi connectivity index (χ1n) is 5.43. The number of thiophene rings is 1. The molecule has 0 saturated heterocycles. The van der Waals surface area contributed by atoms with Gasteiger partial charge >= 0.3 is 0 Å². The summed E-state index contributed by atoms with van der Waals surface area (Å²) in [4.78, 5) is 1.18. The first-order valence-corrected chi connectivity index (χ1v) is 6.62. The van der Waals surface area contributed by atoms with Crippen molar-refractivity contribution in [2.45, 2.75) is 6.54 Å². The van der Waals surface area contributed by atoms with Crippen LogP contribution in [0.5, 0.6) is 11.5 Å². The van der Waals surface area contributed by atoms with E-state index in [0.717, 1.165) is 28.1 Å². The van der Waals surface area contributed by atoms with Crippen LogP contribution in [0.15, 0.2) is 30.3 Å². The maximum Gasteiger partial charge on any atom is 0.145 e. The molecule has 0 aliphatic rings. The molecule has 2 aromatic rings. The van der Waals surface area contributed by atoms with E-state index in [-0.39, 0.29) is 0 Å². The highest BCUT2D eigenvalue weighted by atomic mass is 35.5. The van der Waals surface area contributed by atoms with E-state index in [2.05, 4.69) is 5.32 Å². The zero-order valence-corrected chi connectivity index (χ0v) is 11.8. The molecule has 0 aliphatic heterocycles. The molecule has 0 atom stereocenters. The fourth-order valence-corrected chi connectivity index (χ4v) is 2.60. The Kier molecular flexibility index (Phi) is 4.33. The molecule has 0 fully saturated rings. The van der Waals surface area contributed by atoms with E-state index in [1.807, 2.05) is 30.3 Å². The van der Waals surface area contributed by atoms with Gasteiger partial charge in [0.2, 0.25) is 0 Å². The van der Waals surface area contributed by atoms with Gasteiger partial charge in [0, 0.05) is 17.5 Å². The van der Waals surface area contributed by atoms with Crippen molar-refractivity contribution in [3.63, 3.8) is 0 Å². The maximum atomic E-state index is 5.89. The number of rotatable bonds is 5. The van der Waals surface area contributed by atoms with E-state index in [0.29, 0.717) is 0 Å². The van der Waals surface area contributed by atoms with Crippen molar-refractivity contribution in [1.29, 1.82) is 0 Å². The Hall–Kier alpha value is -1.39. The lowest BCUT2D eigenvalue weighted by Crippen LogP contribution is -2.00. The molecule has 0 bridgehead atoms. The number of hydrogen-bond donors (Lipinski definition) is 1. The Balaban J connectivity index is 2.08. The van der Waals surface area contributed by atoms with Crippen molar-refractivity contribution >= 4 is 28.6 Å². The molecule has 18 heavy (non-hydrogen) atoms. The van der Waals surface area contributed by atoms with Gasteiger partial charge in [-0.1, -0.05) is 11.6 Å². The Bertz CT molecular complexity index is 527. The highest BCUT2D eigenvalue weighted by molar-refractivity contribution is 7.16. The van der Waals surface area contributed by atoms with Crippen LogP contribution in [0.25, 0.3) is 0 Å². The van der Waals surface area contributed by atoms with Crippen LogP contribution in [0.1, 0.15) is 4.88 Å². The van der Waals surface area contributed by atoms with E-state index in [4.69, 9.17) is 21.1 Å². The summed E-state index contributed by atoms with van der Waals surface area (Å²) < 4.78 is 11.3. The van der Waals surface area contributed by atoms with Gasteiger partial charge in [0.1, 0.15) is 11.5 Å². The number of nitrogens with one attached hydrogen (secondary N) is 1. The van der Waals surface area contributed by atoms with Crippen molar-refractivity contribution in [2.24, 2.45) is 0 Å². The molecule has 0 amide bonds. The number of ether oxygens (including phenoxy) is 2. The van der Waals surface area contributed by atoms with Gasteiger partial charge in [0.05, 0.1) is 24.2 Å². The summed E-state index contributed by atoms with van der Waals surface area (Å²) in [6.45, 7) is 0.722. The van der Waals surface area contributed by atoms with Gasteiger partial charge in [0.25, 0.3) is 0 Å². The third-order valence-corrected chi connectivity index (χ3v) is 3.72. The molecule has 96 valence electrons. The average Bonchev–Trinajstić information content (AvgIpc) is 2.82. The van der Waals surface area contributed by atoms with Gasteiger partial charge in [-0.2, -0.15) is 0 Å². The van der Waals surface area contributed by atoms with E-state index in [1.165, 1.54) is 4.88 Å². The lowest BCUT2D eigenvalue weighted by Gasteiger charge is -2.11. The monoisotopic (exact) mass is 283 g/mol. The molecule has 0 saturated carbocycles. The summed E-state index contributed by atoms with van der Waals surface area (Å²) in [5.41, 5.74) is 0.933. The molecular formula is C13H14ClNO2S. The molecular weight excluding hydrogens is 270 g/mol. The van der Waals surface area contributed by atoms with Crippen LogP contribution in [0.3, 0.4) is 0 Å². The fraction of sp³-hybridized carbons (Fsp3) is 0.231. The third-order valence-electron chi connectivity index (χ3n) is 2.49. The SMILES string of the molecule is COc1ccc(NCc2ccc(Cl)s2)c(OC)c1.